The van der Waals surface area contributed by atoms with Crippen molar-refractivity contribution in [2.75, 3.05) is 7.11 Å². The van der Waals surface area contributed by atoms with Gasteiger partial charge in [0.2, 0.25) is 0 Å². The van der Waals surface area contributed by atoms with Crippen molar-refractivity contribution in [1.29, 1.82) is 0 Å². The molecule has 0 aliphatic carbocycles. The summed E-state index contributed by atoms with van der Waals surface area (Å²) in [6.07, 6.45) is 2.11. The molecule has 0 saturated heterocycles. The molecule has 0 spiro atoms. The van der Waals surface area contributed by atoms with Crippen molar-refractivity contribution in [2.24, 2.45) is 0 Å². The van der Waals surface area contributed by atoms with E-state index in [1.165, 1.54) is 10.9 Å². The average Bonchev–Trinajstić information content (AvgIpc) is 2.70. The minimum absolute atomic E-state index is 0. The summed E-state index contributed by atoms with van der Waals surface area (Å²) >= 11 is 0. The molecule has 0 bridgehead atoms. The summed E-state index contributed by atoms with van der Waals surface area (Å²) in [6, 6.07) is 9.55. The number of methoxy groups -OCH3 is 1. The first-order valence-electron chi connectivity index (χ1n) is 6.34. The smallest absolute Gasteiger partial charge is 0.499 e. The summed E-state index contributed by atoms with van der Waals surface area (Å²) < 4.78 is 7.77. The van der Waals surface area contributed by atoms with Crippen LogP contribution in [-0.2, 0) is 0 Å². The quantitative estimate of drug-likeness (QED) is 0.591. The topological polar surface area (TPSA) is 14.2 Å². The molecule has 1 aromatic carbocycles. The first kappa shape index (κ1) is 16.4. The van der Waals surface area contributed by atoms with Crippen LogP contribution in [0.2, 0.25) is 18.1 Å². The number of rotatable bonds is 2. The molecule has 2 nitrogen and oxygen atoms in total. The van der Waals surface area contributed by atoms with Gasteiger partial charge >= 0.3 is 18.9 Å². The molecule has 0 unspecified atom stereocenters. The summed E-state index contributed by atoms with van der Waals surface area (Å²) in [5, 5.41) is 1.47. The van der Waals surface area contributed by atoms with Gasteiger partial charge < -0.3 is 8.97 Å². The second-order valence-electron chi connectivity index (χ2n) is 6.34. The average molecular weight is 267 g/mol. The van der Waals surface area contributed by atoms with Gasteiger partial charge in [-0.25, -0.2) is 0 Å². The third-order valence-corrected chi connectivity index (χ3v) is 9.50. The standard InChI is InChI=1S/C15H22NOSi.Li/c1-15(2,3)18(5,6)16-10-9-12-7-8-13(17-4)11-14(12)16;/h7-8,10-11H,1-6H3;/q-1;+1. The zero-order valence-corrected chi connectivity index (χ0v) is 14.2. The van der Waals surface area contributed by atoms with Crippen LogP contribution in [0.1, 0.15) is 20.8 Å². The third kappa shape index (κ3) is 2.79. The zero-order valence-electron chi connectivity index (χ0n) is 13.2. The monoisotopic (exact) mass is 267 g/mol. The van der Waals surface area contributed by atoms with E-state index in [1.54, 1.807) is 7.11 Å². The van der Waals surface area contributed by atoms with E-state index in [0.29, 0.717) is 5.04 Å². The van der Waals surface area contributed by atoms with Gasteiger partial charge in [-0.1, -0.05) is 57.7 Å². The number of nitrogens with zero attached hydrogens (tertiary/aromatic N) is 1. The maximum absolute atomic E-state index is 5.33. The van der Waals surface area contributed by atoms with Crippen molar-refractivity contribution in [3.63, 3.8) is 0 Å². The van der Waals surface area contributed by atoms with Crippen molar-refractivity contribution in [2.45, 2.75) is 38.9 Å². The number of hydrogen-bond donors (Lipinski definition) is 0. The molecule has 0 saturated carbocycles. The second-order valence-corrected chi connectivity index (χ2v) is 11.4. The fraction of sp³-hybridized carbons (Fsp3) is 0.467. The van der Waals surface area contributed by atoms with E-state index in [-0.39, 0.29) is 18.9 Å². The molecule has 1 aromatic heterocycles. The van der Waals surface area contributed by atoms with Gasteiger partial charge in [0.1, 0.15) is 8.24 Å². The molecule has 0 N–H and O–H groups in total. The Bertz CT molecular complexity index is 569. The third-order valence-electron chi connectivity index (χ3n) is 4.25. The predicted molar refractivity (Wildman–Crippen MR) is 79.9 cm³/mol. The molecule has 1 heterocycles. The van der Waals surface area contributed by atoms with Gasteiger partial charge in [-0.05, 0) is 5.04 Å². The molecular formula is C15H22LiNOSi. The number of aromatic nitrogens is 1. The van der Waals surface area contributed by atoms with Crippen LogP contribution in [0.15, 0.2) is 24.4 Å². The molecule has 0 amide bonds. The van der Waals surface area contributed by atoms with Gasteiger partial charge in [-0.2, -0.15) is 17.5 Å². The molecule has 98 valence electrons. The number of hydrogen-bond acceptors (Lipinski definition) is 1. The Labute approximate surface area is 129 Å². The number of ether oxygens (including phenoxy) is 1. The van der Waals surface area contributed by atoms with Crippen LogP contribution in [0.3, 0.4) is 0 Å². The maximum atomic E-state index is 5.33. The van der Waals surface area contributed by atoms with Crippen molar-refractivity contribution < 1.29 is 23.6 Å². The molecule has 4 heteroatoms. The molecule has 0 atom stereocenters. The van der Waals surface area contributed by atoms with Gasteiger partial charge in [0, 0.05) is 0 Å². The predicted octanol–water partition coefficient (Wildman–Crippen LogP) is 1.31. The van der Waals surface area contributed by atoms with E-state index in [2.05, 4.69) is 62.5 Å². The van der Waals surface area contributed by atoms with Crippen LogP contribution < -0.4 is 23.6 Å². The van der Waals surface area contributed by atoms with Crippen molar-refractivity contribution in [3.05, 3.63) is 30.5 Å². The van der Waals surface area contributed by atoms with Crippen LogP contribution in [0, 0.1) is 6.07 Å². The summed E-state index contributed by atoms with van der Waals surface area (Å²) in [7, 11) is 0.114. The van der Waals surface area contributed by atoms with Gasteiger partial charge in [0.15, 0.2) is 0 Å². The molecule has 0 radical (unpaired) electrons. The SMILES string of the molecule is COc1ccc2[c-]cn([Si](C)(C)C(C)(C)C)c2c1.[Li+]. The van der Waals surface area contributed by atoms with Crippen molar-refractivity contribution >= 4 is 19.1 Å². The van der Waals surface area contributed by atoms with E-state index in [0.717, 1.165) is 5.75 Å². The van der Waals surface area contributed by atoms with Crippen molar-refractivity contribution in [3.8, 4) is 5.75 Å². The summed E-state index contributed by atoms with van der Waals surface area (Å²) in [5.41, 5.74) is 1.24. The number of fused-ring (bicyclic) bond motifs is 1. The molecule has 0 aliphatic rings. The Hall–Kier alpha value is -0.626. The Morgan fingerprint density at radius 3 is 2.37 bits per heavy atom. The Kier molecular flexibility index (Phi) is 4.67. The Morgan fingerprint density at radius 2 is 1.84 bits per heavy atom. The fourth-order valence-corrected chi connectivity index (χ4v) is 3.88. The van der Waals surface area contributed by atoms with E-state index >= 15 is 0 Å². The first-order valence-corrected chi connectivity index (χ1v) is 9.29. The summed E-state index contributed by atoms with van der Waals surface area (Å²) in [4.78, 5) is 0. The first-order chi connectivity index (χ1) is 8.27. The molecule has 0 aliphatic heterocycles. The van der Waals surface area contributed by atoms with Gasteiger partial charge in [0.25, 0.3) is 0 Å². The van der Waals surface area contributed by atoms with Crippen LogP contribution in [0.5, 0.6) is 5.75 Å². The zero-order chi connectivity index (χ0) is 13.6. The van der Waals surface area contributed by atoms with E-state index in [4.69, 9.17) is 4.74 Å². The van der Waals surface area contributed by atoms with Crippen LogP contribution in [-0.4, -0.2) is 19.6 Å². The van der Waals surface area contributed by atoms with Crippen LogP contribution in [0.25, 0.3) is 10.9 Å². The summed E-state index contributed by atoms with van der Waals surface area (Å²) in [5.74, 6) is 0.912. The second kappa shape index (κ2) is 5.40. The van der Waals surface area contributed by atoms with Crippen molar-refractivity contribution in [1.82, 2.24) is 4.23 Å². The van der Waals surface area contributed by atoms with Gasteiger partial charge in [-0.15, -0.1) is 0 Å². The van der Waals surface area contributed by atoms with E-state index in [9.17, 15) is 0 Å². The minimum Gasteiger partial charge on any atom is -0.499 e. The maximum Gasteiger partial charge on any atom is 1.00 e. The Morgan fingerprint density at radius 1 is 1.21 bits per heavy atom. The normalized spacial score (nSPS) is 12.3. The molecule has 2 aromatic rings. The minimum atomic E-state index is -1.60. The largest absolute Gasteiger partial charge is 1.00 e. The van der Waals surface area contributed by atoms with E-state index in [1.807, 2.05) is 6.07 Å². The number of benzene rings is 1. The van der Waals surface area contributed by atoms with Crippen LogP contribution in [0.4, 0.5) is 0 Å². The molecule has 2 rings (SSSR count). The Balaban J connectivity index is 0.00000180. The molecule has 0 fully saturated rings. The van der Waals surface area contributed by atoms with Gasteiger partial charge in [0.05, 0.1) is 12.9 Å². The van der Waals surface area contributed by atoms with E-state index < -0.39 is 8.24 Å². The van der Waals surface area contributed by atoms with Crippen LogP contribution >= 0.6 is 0 Å². The van der Waals surface area contributed by atoms with Gasteiger partial charge in [-0.3, -0.25) is 0 Å². The molecule has 19 heavy (non-hydrogen) atoms. The molecular weight excluding hydrogens is 245 g/mol. The fourth-order valence-electron chi connectivity index (χ4n) is 1.99. The summed E-state index contributed by atoms with van der Waals surface area (Å²) in [6.45, 7) is 11.8.